The van der Waals surface area contributed by atoms with E-state index in [0.717, 1.165) is 42.0 Å². The van der Waals surface area contributed by atoms with Gasteiger partial charge in [0.2, 0.25) is 0 Å². The molecule has 2 fully saturated rings. The van der Waals surface area contributed by atoms with Crippen LogP contribution in [0.5, 0.6) is 0 Å². The zero-order valence-corrected chi connectivity index (χ0v) is 26.4. The fourth-order valence-corrected chi connectivity index (χ4v) is 5.98. The van der Waals surface area contributed by atoms with Crippen LogP contribution < -0.4 is 9.88 Å². The Morgan fingerprint density at radius 1 is 0.837 bits per heavy atom. The smallest absolute Gasteiger partial charge is 0.317 e. The van der Waals surface area contributed by atoms with Gasteiger partial charge in [-0.2, -0.15) is 26.4 Å². The Kier molecular flexibility index (Phi) is 15.5. The number of benzene rings is 2. The van der Waals surface area contributed by atoms with Crippen LogP contribution in [0.25, 0.3) is 0 Å². The molecule has 0 saturated carbocycles. The van der Waals surface area contributed by atoms with Crippen LogP contribution in [0.4, 0.5) is 7.77 Å². The Morgan fingerprint density at radius 3 is 1.63 bits per heavy atom. The van der Waals surface area contributed by atoms with E-state index in [0.29, 0.717) is 23.0 Å². The summed E-state index contributed by atoms with van der Waals surface area (Å²) in [5.74, 6) is 1.36. The van der Waals surface area contributed by atoms with Crippen molar-refractivity contribution in [1.82, 2.24) is 13.6 Å². The van der Waals surface area contributed by atoms with Crippen molar-refractivity contribution in [1.29, 1.82) is 5.26 Å². The molecule has 2 aromatic carbocycles. The normalized spacial score (nSPS) is 16.3. The molecule has 2 saturated heterocycles. The van der Waals surface area contributed by atoms with Gasteiger partial charge >= 0.3 is 20.8 Å². The summed E-state index contributed by atoms with van der Waals surface area (Å²) in [4.78, 5) is 0. The molecule has 2 aliphatic heterocycles. The fourth-order valence-electron chi connectivity index (χ4n) is 4.87. The molecule has 2 aliphatic rings. The molecule has 0 radical (unpaired) electrons. The molecule has 0 aliphatic carbocycles. The van der Waals surface area contributed by atoms with Crippen molar-refractivity contribution in [2.75, 3.05) is 26.2 Å². The lowest BCUT2D eigenvalue weighted by Gasteiger charge is -2.28. The summed E-state index contributed by atoms with van der Waals surface area (Å²) in [7, 11) is -7.48. The van der Waals surface area contributed by atoms with Crippen LogP contribution in [-0.2, 0) is 40.7 Å². The molecule has 43 heavy (non-hydrogen) atoms. The maximum atomic E-state index is 12.7. The van der Waals surface area contributed by atoms with E-state index in [2.05, 4.69) is 47.8 Å². The molecule has 13 heteroatoms. The number of nitrogens with zero attached hydrogens (tertiary/aromatic N) is 4. The van der Waals surface area contributed by atoms with Crippen LogP contribution in [0.15, 0.2) is 79.4 Å². The third-order valence-corrected chi connectivity index (χ3v) is 8.77. The predicted octanol–water partition coefficient (Wildman–Crippen LogP) is 4.29. The average Bonchev–Trinajstić information content (AvgIpc) is 3.43. The van der Waals surface area contributed by atoms with Gasteiger partial charge in [-0.1, -0.05) is 72.4 Å². The number of aryl methyl sites for hydroxylation is 1. The minimum Gasteiger partial charge on any atom is -0.317 e. The number of imidazole rings is 1. The van der Waals surface area contributed by atoms with E-state index in [1.165, 1.54) is 61.2 Å². The van der Waals surface area contributed by atoms with Crippen LogP contribution in [0.3, 0.4) is 0 Å². The summed E-state index contributed by atoms with van der Waals surface area (Å²) in [6, 6.07) is 22.7. The van der Waals surface area contributed by atoms with E-state index in [-0.39, 0.29) is 0 Å². The SMILES string of the molecule is CC#N.C[n+]1ccn(S(=O)(=O)F)c1.O=S(=O)(F)N1CCC(Cc2ccccc2)CC1.c1ccc(CC2CCNCC2)cc1. The molecule has 0 spiro atoms. The first kappa shape index (κ1) is 36.0. The number of rotatable bonds is 6. The number of halogens is 2. The minimum absolute atomic E-state index is 0.302. The van der Waals surface area contributed by atoms with Crippen LogP contribution >= 0.6 is 0 Å². The van der Waals surface area contributed by atoms with E-state index in [9.17, 15) is 24.6 Å². The van der Waals surface area contributed by atoms with Crippen LogP contribution in [0.2, 0.25) is 0 Å². The maximum absolute atomic E-state index is 12.7. The highest BCUT2D eigenvalue weighted by atomic mass is 32.3. The minimum atomic E-state index is -4.59. The summed E-state index contributed by atoms with van der Waals surface area (Å²) in [5.41, 5.74) is 2.75. The standard InChI is InChI=1S/C12H16FNO2S.C12H17N.C4H6FN2O2S.C2H3N/c13-17(15,16)14-8-6-12(7-9-14)10-11-4-2-1-3-5-11;1-2-4-11(5-3-1)10-12-6-8-13-9-7-12;1-6-2-3-7(4-6)10(5,8)9;1-2-3/h1-5,12H,6-10H2;1-5,12-13H,6-10H2;2-4H,1H3;1H3/q;;+1;. The Hall–Kier alpha value is -3.18. The second kappa shape index (κ2) is 18.5. The van der Waals surface area contributed by atoms with Crippen LogP contribution in [0.1, 0.15) is 43.7 Å². The summed E-state index contributed by atoms with van der Waals surface area (Å²) in [5, 5.41) is 10.7. The van der Waals surface area contributed by atoms with E-state index >= 15 is 0 Å². The Balaban J connectivity index is 0.000000222. The van der Waals surface area contributed by atoms with E-state index in [1.54, 1.807) is 13.1 Å². The molecule has 3 aromatic rings. The molecule has 0 bridgehead atoms. The molecular formula is C30H42F2N5O4S2+. The highest BCUT2D eigenvalue weighted by Gasteiger charge is 2.27. The first-order valence-electron chi connectivity index (χ1n) is 14.2. The third-order valence-electron chi connectivity index (χ3n) is 7.07. The summed E-state index contributed by atoms with van der Waals surface area (Å²) in [6.45, 7) is 4.45. The zero-order chi connectivity index (χ0) is 31.7. The second-order valence-corrected chi connectivity index (χ2v) is 13.0. The molecule has 1 N–H and O–H groups in total. The highest BCUT2D eigenvalue weighted by Crippen LogP contribution is 2.23. The molecule has 0 amide bonds. The van der Waals surface area contributed by atoms with Crippen LogP contribution in [0, 0.1) is 23.2 Å². The Morgan fingerprint density at radius 2 is 1.28 bits per heavy atom. The largest absolute Gasteiger partial charge is 0.480 e. The van der Waals surface area contributed by atoms with Gasteiger partial charge in [0.15, 0.2) is 0 Å². The van der Waals surface area contributed by atoms with Gasteiger partial charge in [0.25, 0.3) is 6.33 Å². The average molecular weight is 639 g/mol. The molecule has 0 atom stereocenters. The lowest BCUT2D eigenvalue weighted by atomic mass is 9.91. The van der Waals surface area contributed by atoms with Gasteiger partial charge in [0.05, 0.1) is 13.1 Å². The van der Waals surface area contributed by atoms with E-state index in [4.69, 9.17) is 5.26 Å². The van der Waals surface area contributed by atoms with Gasteiger partial charge in [-0.15, -0.1) is 0 Å². The maximum Gasteiger partial charge on any atom is 0.480 e. The quantitative estimate of drug-likeness (QED) is 0.318. The summed E-state index contributed by atoms with van der Waals surface area (Å²) < 4.78 is 69.3. The second-order valence-electron chi connectivity index (χ2n) is 10.4. The summed E-state index contributed by atoms with van der Waals surface area (Å²) in [6.07, 6.45) is 10.0. The molecule has 1 aromatic heterocycles. The van der Waals surface area contributed by atoms with Crippen molar-refractivity contribution in [3.8, 4) is 6.07 Å². The summed E-state index contributed by atoms with van der Waals surface area (Å²) >= 11 is 0. The first-order valence-corrected chi connectivity index (χ1v) is 16.9. The third kappa shape index (κ3) is 14.7. The number of aromatic nitrogens is 2. The van der Waals surface area contributed by atoms with E-state index < -0.39 is 20.8 Å². The van der Waals surface area contributed by atoms with Gasteiger partial charge in [0.1, 0.15) is 12.4 Å². The molecule has 5 rings (SSSR count). The highest BCUT2D eigenvalue weighted by molar-refractivity contribution is 7.84. The Bertz CT molecular complexity index is 1450. The number of nitrogens with one attached hydrogen (secondary N) is 1. The molecule has 0 unspecified atom stereocenters. The molecule has 3 heterocycles. The topological polar surface area (TPSA) is 116 Å². The van der Waals surface area contributed by atoms with Crippen molar-refractivity contribution in [2.24, 2.45) is 18.9 Å². The number of piperidine rings is 2. The number of hydrogen-bond donors (Lipinski definition) is 1. The van der Waals surface area contributed by atoms with Gasteiger partial charge in [-0.25, -0.2) is 4.57 Å². The van der Waals surface area contributed by atoms with E-state index in [1.807, 2.05) is 18.2 Å². The van der Waals surface area contributed by atoms with Crippen LogP contribution in [-0.4, -0.2) is 51.3 Å². The molecule has 9 nitrogen and oxygen atoms in total. The monoisotopic (exact) mass is 638 g/mol. The van der Waals surface area contributed by atoms with Gasteiger partial charge in [-0.05, 0) is 74.6 Å². The number of hydrogen-bond acceptors (Lipinski definition) is 6. The van der Waals surface area contributed by atoms with Gasteiger partial charge in [-0.3, -0.25) is 0 Å². The molecule has 236 valence electrons. The lowest BCUT2D eigenvalue weighted by Crippen LogP contribution is -2.36. The van der Waals surface area contributed by atoms with Crippen molar-refractivity contribution >= 4 is 20.8 Å². The predicted molar refractivity (Wildman–Crippen MR) is 163 cm³/mol. The number of nitriles is 1. The fraction of sp³-hybridized carbons (Fsp3) is 0.467. The lowest BCUT2D eigenvalue weighted by molar-refractivity contribution is -0.670. The van der Waals surface area contributed by atoms with Gasteiger partial charge < -0.3 is 5.32 Å². The molecular weight excluding hydrogens is 596 g/mol. The zero-order valence-electron chi connectivity index (χ0n) is 24.7. The Labute approximate surface area is 255 Å². The van der Waals surface area contributed by atoms with Crippen molar-refractivity contribution < 1.29 is 29.2 Å². The first-order chi connectivity index (χ1) is 20.4. The van der Waals surface area contributed by atoms with Crippen molar-refractivity contribution in [2.45, 2.75) is 45.4 Å². The van der Waals surface area contributed by atoms with Crippen molar-refractivity contribution in [3.63, 3.8) is 0 Å². The van der Waals surface area contributed by atoms with Gasteiger partial charge in [0, 0.05) is 20.0 Å². The van der Waals surface area contributed by atoms with Crippen molar-refractivity contribution in [3.05, 3.63) is 90.5 Å².